The van der Waals surface area contributed by atoms with E-state index in [2.05, 4.69) is 15.9 Å². The summed E-state index contributed by atoms with van der Waals surface area (Å²) in [6, 6.07) is 7.56. The molecule has 3 heteroatoms. The third kappa shape index (κ3) is 2.31. The van der Waals surface area contributed by atoms with Crippen LogP contribution in [0.25, 0.3) is 0 Å². The largest absolute Gasteiger partial charge is 0.242 e. The van der Waals surface area contributed by atoms with Crippen LogP contribution in [-0.4, -0.2) is 11.5 Å². The van der Waals surface area contributed by atoms with E-state index < -0.39 is 6.17 Å². The summed E-state index contributed by atoms with van der Waals surface area (Å²) in [5.74, 6) is 2.31. The molecule has 1 aliphatic heterocycles. The Labute approximate surface area is 96.4 Å². The minimum Gasteiger partial charge on any atom is -0.242 e. The molecule has 0 aliphatic carbocycles. The van der Waals surface area contributed by atoms with Crippen LogP contribution in [0.4, 0.5) is 4.39 Å². The van der Waals surface area contributed by atoms with Gasteiger partial charge >= 0.3 is 0 Å². The van der Waals surface area contributed by atoms with Crippen LogP contribution in [0.15, 0.2) is 28.7 Å². The van der Waals surface area contributed by atoms with E-state index in [-0.39, 0.29) is 5.92 Å². The van der Waals surface area contributed by atoms with Crippen LogP contribution in [0.5, 0.6) is 0 Å². The van der Waals surface area contributed by atoms with Crippen LogP contribution < -0.4 is 0 Å². The molecule has 0 N–H and O–H groups in total. The number of thioether (sulfide) groups is 1. The molecular weight excluding hydrogens is 263 g/mol. The number of halogens is 2. The van der Waals surface area contributed by atoms with Crippen LogP contribution in [0.3, 0.4) is 0 Å². The summed E-state index contributed by atoms with van der Waals surface area (Å²) in [6.07, 6.45) is 0.236. The maximum absolute atomic E-state index is 13.9. The van der Waals surface area contributed by atoms with Gasteiger partial charge in [-0.1, -0.05) is 28.1 Å². The molecule has 0 radical (unpaired) electrons. The third-order valence-electron chi connectivity index (χ3n) is 2.57. The molecule has 14 heavy (non-hydrogen) atoms. The van der Waals surface area contributed by atoms with Gasteiger partial charge in [-0.3, -0.25) is 0 Å². The predicted molar refractivity (Wildman–Crippen MR) is 63.4 cm³/mol. The Kier molecular flexibility index (Phi) is 3.50. The number of rotatable bonds is 2. The van der Waals surface area contributed by atoms with E-state index >= 15 is 0 Å². The summed E-state index contributed by atoms with van der Waals surface area (Å²) in [6.45, 7) is 0. The summed E-state index contributed by atoms with van der Waals surface area (Å²) in [5.41, 5.74) is 0.820. The zero-order valence-electron chi connectivity index (χ0n) is 7.75. The van der Waals surface area contributed by atoms with Crippen LogP contribution in [0.1, 0.15) is 18.2 Å². The molecule has 1 saturated heterocycles. The van der Waals surface area contributed by atoms with Crippen molar-refractivity contribution in [3.8, 4) is 0 Å². The molecule has 76 valence electrons. The first kappa shape index (κ1) is 10.5. The van der Waals surface area contributed by atoms with Crippen molar-refractivity contribution in [2.75, 3.05) is 11.5 Å². The van der Waals surface area contributed by atoms with Crippen molar-refractivity contribution in [3.05, 3.63) is 34.3 Å². The van der Waals surface area contributed by atoms with Crippen molar-refractivity contribution in [2.45, 2.75) is 12.6 Å². The summed E-state index contributed by atoms with van der Waals surface area (Å²) in [5, 5.41) is 0. The molecule has 2 rings (SSSR count). The maximum atomic E-state index is 13.9. The molecule has 0 spiro atoms. The van der Waals surface area contributed by atoms with E-state index in [1.807, 2.05) is 36.0 Å². The minimum atomic E-state index is -0.780. The second-order valence-corrected chi connectivity index (χ2v) is 5.64. The summed E-state index contributed by atoms with van der Waals surface area (Å²) in [7, 11) is 0. The fourth-order valence-electron chi connectivity index (χ4n) is 1.70. The van der Waals surface area contributed by atoms with Crippen molar-refractivity contribution in [3.63, 3.8) is 0 Å². The molecule has 1 heterocycles. The zero-order chi connectivity index (χ0) is 9.97. The maximum Gasteiger partial charge on any atom is 0.129 e. The van der Waals surface area contributed by atoms with E-state index in [0.29, 0.717) is 0 Å². The number of alkyl halides is 1. The molecule has 1 aromatic rings. The minimum absolute atomic E-state index is 0.223. The standard InChI is InChI=1S/C11H12BrFS/c12-10-3-1-8(2-4-10)11(13)9-5-6-14-7-9/h1-4,9,11H,5-7H2. The smallest absolute Gasteiger partial charge is 0.129 e. The lowest BCUT2D eigenvalue weighted by Gasteiger charge is -2.14. The molecule has 0 saturated carbocycles. The number of hydrogen-bond acceptors (Lipinski definition) is 1. The van der Waals surface area contributed by atoms with Gasteiger partial charge in [0.25, 0.3) is 0 Å². The van der Waals surface area contributed by atoms with Gasteiger partial charge in [-0.2, -0.15) is 11.8 Å². The average molecular weight is 275 g/mol. The van der Waals surface area contributed by atoms with Gasteiger partial charge < -0.3 is 0 Å². The zero-order valence-corrected chi connectivity index (χ0v) is 10.2. The van der Waals surface area contributed by atoms with Crippen LogP contribution in [-0.2, 0) is 0 Å². The van der Waals surface area contributed by atoms with E-state index in [1.54, 1.807) is 0 Å². The Morgan fingerprint density at radius 1 is 1.36 bits per heavy atom. The first-order valence-electron chi connectivity index (χ1n) is 4.74. The van der Waals surface area contributed by atoms with Gasteiger partial charge in [-0.15, -0.1) is 0 Å². The van der Waals surface area contributed by atoms with Gasteiger partial charge in [0.15, 0.2) is 0 Å². The van der Waals surface area contributed by atoms with E-state index in [0.717, 1.165) is 28.0 Å². The highest BCUT2D eigenvalue weighted by molar-refractivity contribution is 9.10. The quantitative estimate of drug-likeness (QED) is 0.779. The molecule has 1 aromatic carbocycles. The van der Waals surface area contributed by atoms with E-state index in [9.17, 15) is 4.39 Å². The Morgan fingerprint density at radius 3 is 2.64 bits per heavy atom. The van der Waals surface area contributed by atoms with Gasteiger partial charge in [0.2, 0.25) is 0 Å². The Hall–Kier alpha value is -0.0200. The van der Waals surface area contributed by atoms with Crippen molar-refractivity contribution in [1.82, 2.24) is 0 Å². The average Bonchev–Trinajstić information content (AvgIpc) is 2.71. The Balaban J connectivity index is 2.09. The van der Waals surface area contributed by atoms with Crippen LogP contribution in [0, 0.1) is 5.92 Å². The van der Waals surface area contributed by atoms with Crippen molar-refractivity contribution < 1.29 is 4.39 Å². The lowest BCUT2D eigenvalue weighted by Crippen LogP contribution is -2.07. The number of benzene rings is 1. The van der Waals surface area contributed by atoms with Gasteiger partial charge in [0.05, 0.1) is 0 Å². The third-order valence-corrected chi connectivity index (χ3v) is 4.28. The molecule has 0 nitrogen and oxygen atoms in total. The van der Waals surface area contributed by atoms with Crippen molar-refractivity contribution >= 4 is 27.7 Å². The normalized spacial score (nSPS) is 23.7. The molecule has 0 aromatic heterocycles. The Bertz CT molecular complexity index is 293. The summed E-state index contributed by atoms with van der Waals surface area (Å²) >= 11 is 5.21. The first-order chi connectivity index (χ1) is 6.77. The lowest BCUT2D eigenvalue weighted by molar-refractivity contribution is 0.251. The second-order valence-electron chi connectivity index (χ2n) is 3.58. The lowest BCUT2D eigenvalue weighted by atomic mass is 9.97. The monoisotopic (exact) mass is 274 g/mol. The molecule has 0 amide bonds. The van der Waals surface area contributed by atoms with Crippen LogP contribution >= 0.6 is 27.7 Å². The summed E-state index contributed by atoms with van der Waals surface area (Å²) in [4.78, 5) is 0. The highest BCUT2D eigenvalue weighted by atomic mass is 79.9. The molecular formula is C11H12BrFS. The molecule has 1 fully saturated rings. The first-order valence-corrected chi connectivity index (χ1v) is 6.69. The van der Waals surface area contributed by atoms with Crippen LogP contribution in [0.2, 0.25) is 0 Å². The topological polar surface area (TPSA) is 0 Å². The Morgan fingerprint density at radius 2 is 2.07 bits per heavy atom. The van der Waals surface area contributed by atoms with Gasteiger partial charge in [-0.25, -0.2) is 4.39 Å². The number of hydrogen-bond donors (Lipinski definition) is 0. The predicted octanol–water partition coefficient (Wildman–Crippen LogP) is 4.21. The van der Waals surface area contributed by atoms with E-state index in [4.69, 9.17) is 0 Å². The SMILES string of the molecule is FC(c1ccc(Br)cc1)C1CCSC1. The fourth-order valence-corrected chi connectivity index (χ4v) is 3.24. The van der Waals surface area contributed by atoms with Crippen molar-refractivity contribution in [2.24, 2.45) is 5.92 Å². The molecule has 2 atom stereocenters. The molecule has 2 unspecified atom stereocenters. The van der Waals surface area contributed by atoms with Crippen molar-refractivity contribution in [1.29, 1.82) is 0 Å². The van der Waals surface area contributed by atoms with Gasteiger partial charge in [0, 0.05) is 10.4 Å². The van der Waals surface area contributed by atoms with E-state index in [1.165, 1.54) is 0 Å². The highest BCUT2D eigenvalue weighted by Gasteiger charge is 2.26. The highest BCUT2D eigenvalue weighted by Crippen LogP contribution is 2.36. The molecule has 0 bridgehead atoms. The van der Waals surface area contributed by atoms with Gasteiger partial charge in [-0.05, 0) is 35.6 Å². The molecule has 1 aliphatic rings. The second kappa shape index (κ2) is 4.67. The fraction of sp³-hybridized carbons (Fsp3) is 0.455. The summed E-state index contributed by atoms with van der Waals surface area (Å²) < 4.78 is 15.0. The van der Waals surface area contributed by atoms with Gasteiger partial charge in [0.1, 0.15) is 6.17 Å².